The van der Waals surface area contributed by atoms with Crippen LogP contribution in [-0.2, 0) is 10.5 Å². The second-order valence-electron chi connectivity index (χ2n) is 3.98. The summed E-state index contributed by atoms with van der Waals surface area (Å²) < 4.78 is 0. The first kappa shape index (κ1) is 13.8. The number of aryl methyl sites for hydroxylation is 1. The topological polar surface area (TPSA) is 29.1 Å². The predicted molar refractivity (Wildman–Crippen MR) is 75.1 cm³/mol. The minimum absolute atomic E-state index is 0.0320. The summed E-state index contributed by atoms with van der Waals surface area (Å²) in [6.45, 7) is 8.12. The van der Waals surface area contributed by atoms with Crippen LogP contribution in [0.3, 0.4) is 0 Å². The minimum atomic E-state index is -0.0320. The fourth-order valence-corrected chi connectivity index (χ4v) is 2.27. The summed E-state index contributed by atoms with van der Waals surface area (Å²) in [6, 6.07) is 8.37. The Morgan fingerprint density at radius 1 is 1.59 bits per heavy atom. The van der Waals surface area contributed by atoms with E-state index in [0.717, 1.165) is 5.75 Å². The molecule has 0 heterocycles. The zero-order valence-electron chi connectivity index (χ0n) is 10.4. The van der Waals surface area contributed by atoms with Crippen molar-refractivity contribution in [2.75, 3.05) is 6.54 Å². The van der Waals surface area contributed by atoms with Gasteiger partial charge in [0.25, 0.3) is 0 Å². The Morgan fingerprint density at radius 2 is 2.35 bits per heavy atom. The van der Waals surface area contributed by atoms with Gasteiger partial charge in [0.15, 0.2) is 0 Å². The molecule has 1 amide bonds. The molecule has 1 N–H and O–H groups in total. The first-order valence-electron chi connectivity index (χ1n) is 5.69. The molecule has 0 aromatic heterocycles. The van der Waals surface area contributed by atoms with Gasteiger partial charge < -0.3 is 5.32 Å². The summed E-state index contributed by atoms with van der Waals surface area (Å²) >= 11 is 1.65. The molecule has 1 atom stereocenters. The highest BCUT2D eigenvalue weighted by atomic mass is 32.2. The van der Waals surface area contributed by atoms with E-state index in [4.69, 9.17) is 0 Å². The molecule has 0 bridgehead atoms. The second-order valence-corrected chi connectivity index (χ2v) is 5.31. The molecule has 1 aromatic carbocycles. The number of hydrogen-bond acceptors (Lipinski definition) is 2. The van der Waals surface area contributed by atoms with Gasteiger partial charge in [0.2, 0.25) is 5.91 Å². The largest absolute Gasteiger partial charge is 0.352 e. The molecule has 17 heavy (non-hydrogen) atoms. The lowest BCUT2D eigenvalue weighted by atomic mass is 10.2. The predicted octanol–water partition coefficient (Wildman–Crippen LogP) is 2.92. The van der Waals surface area contributed by atoms with Crippen LogP contribution in [0.25, 0.3) is 0 Å². The van der Waals surface area contributed by atoms with Crippen LogP contribution in [0.1, 0.15) is 18.1 Å². The number of carbonyl (C=O) groups excluding carboxylic acids is 1. The molecule has 0 aliphatic carbocycles. The van der Waals surface area contributed by atoms with Crippen molar-refractivity contribution in [3.8, 4) is 0 Å². The van der Waals surface area contributed by atoms with E-state index in [-0.39, 0.29) is 11.2 Å². The molecular formula is C14H19NOS. The van der Waals surface area contributed by atoms with E-state index in [1.165, 1.54) is 11.1 Å². The van der Waals surface area contributed by atoms with E-state index >= 15 is 0 Å². The van der Waals surface area contributed by atoms with E-state index in [0.29, 0.717) is 6.54 Å². The van der Waals surface area contributed by atoms with Gasteiger partial charge in [0.1, 0.15) is 0 Å². The van der Waals surface area contributed by atoms with Gasteiger partial charge in [-0.1, -0.05) is 35.9 Å². The third kappa shape index (κ3) is 5.09. The highest BCUT2D eigenvalue weighted by Gasteiger charge is 2.11. The van der Waals surface area contributed by atoms with Gasteiger partial charge >= 0.3 is 0 Å². The Morgan fingerprint density at radius 3 is 3.00 bits per heavy atom. The van der Waals surface area contributed by atoms with Gasteiger partial charge in [0, 0.05) is 12.3 Å². The van der Waals surface area contributed by atoms with Crippen molar-refractivity contribution >= 4 is 17.7 Å². The van der Waals surface area contributed by atoms with Gasteiger partial charge in [0.05, 0.1) is 5.25 Å². The summed E-state index contributed by atoms with van der Waals surface area (Å²) in [5, 5.41) is 2.77. The summed E-state index contributed by atoms with van der Waals surface area (Å²) in [5.41, 5.74) is 2.52. The molecule has 0 aliphatic heterocycles. The van der Waals surface area contributed by atoms with Gasteiger partial charge in [-0.3, -0.25) is 4.79 Å². The molecular weight excluding hydrogens is 230 g/mol. The maximum absolute atomic E-state index is 11.6. The van der Waals surface area contributed by atoms with Crippen LogP contribution in [0.15, 0.2) is 36.9 Å². The lowest BCUT2D eigenvalue weighted by Crippen LogP contribution is -2.30. The normalized spacial score (nSPS) is 11.9. The Balaban J connectivity index is 2.39. The molecule has 2 nitrogen and oxygen atoms in total. The second kappa shape index (κ2) is 7.17. The smallest absolute Gasteiger partial charge is 0.233 e. The first-order chi connectivity index (χ1) is 8.13. The van der Waals surface area contributed by atoms with Crippen molar-refractivity contribution in [1.29, 1.82) is 0 Å². The molecule has 1 aromatic rings. The summed E-state index contributed by atoms with van der Waals surface area (Å²) in [5.74, 6) is 0.937. The number of thioether (sulfide) groups is 1. The van der Waals surface area contributed by atoms with Crippen molar-refractivity contribution < 1.29 is 4.79 Å². The third-order valence-corrected chi connectivity index (χ3v) is 3.59. The van der Waals surface area contributed by atoms with E-state index in [1.807, 2.05) is 13.0 Å². The van der Waals surface area contributed by atoms with Crippen molar-refractivity contribution in [3.05, 3.63) is 48.0 Å². The van der Waals surface area contributed by atoms with Crippen molar-refractivity contribution in [2.45, 2.75) is 24.9 Å². The average molecular weight is 249 g/mol. The van der Waals surface area contributed by atoms with Crippen molar-refractivity contribution in [1.82, 2.24) is 5.32 Å². The maximum atomic E-state index is 11.6. The summed E-state index contributed by atoms with van der Waals surface area (Å²) in [7, 11) is 0. The molecule has 0 saturated heterocycles. The Labute approximate surface area is 107 Å². The van der Waals surface area contributed by atoms with E-state index in [1.54, 1.807) is 17.8 Å². The number of benzene rings is 1. The number of amides is 1. The number of carbonyl (C=O) groups is 1. The standard InChI is InChI=1S/C14H19NOS/c1-4-8-15-14(16)12(3)17-10-13-7-5-6-11(2)9-13/h4-7,9,12H,1,8,10H2,2-3H3,(H,15,16). The summed E-state index contributed by atoms with van der Waals surface area (Å²) in [6.07, 6.45) is 1.69. The highest BCUT2D eigenvalue weighted by molar-refractivity contribution is 7.99. The molecule has 1 rings (SSSR count). The number of nitrogens with one attached hydrogen (secondary N) is 1. The molecule has 0 radical (unpaired) electrons. The molecule has 1 unspecified atom stereocenters. The van der Waals surface area contributed by atoms with Gasteiger partial charge in [-0.2, -0.15) is 0 Å². The fraction of sp³-hybridized carbons (Fsp3) is 0.357. The number of rotatable bonds is 6. The van der Waals surface area contributed by atoms with Crippen LogP contribution in [0, 0.1) is 6.92 Å². The van der Waals surface area contributed by atoms with E-state index in [2.05, 4.69) is 37.0 Å². The lowest BCUT2D eigenvalue weighted by molar-refractivity contribution is -0.120. The zero-order chi connectivity index (χ0) is 12.7. The van der Waals surface area contributed by atoms with E-state index < -0.39 is 0 Å². The van der Waals surface area contributed by atoms with Crippen LogP contribution >= 0.6 is 11.8 Å². The lowest BCUT2D eigenvalue weighted by Gasteiger charge is -2.11. The van der Waals surface area contributed by atoms with Crippen LogP contribution in [-0.4, -0.2) is 17.7 Å². The Hall–Kier alpha value is -1.22. The third-order valence-electron chi connectivity index (χ3n) is 2.37. The zero-order valence-corrected chi connectivity index (χ0v) is 11.2. The first-order valence-corrected chi connectivity index (χ1v) is 6.74. The van der Waals surface area contributed by atoms with Crippen molar-refractivity contribution in [2.24, 2.45) is 0 Å². The highest BCUT2D eigenvalue weighted by Crippen LogP contribution is 2.18. The van der Waals surface area contributed by atoms with Crippen LogP contribution in [0.4, 0.5) is 0 Å². The SMILES string of the molecule is C=CCNC(=O)C(C)SCc1cccc(C)c1. The van der Waals surface area contributed by atoms with Crippen LogP contribution < -0.4 is 5.32 Å². The van der Waals surface area contributed by atoms with E-state index in [9.17, 15) is 4.79 Å². The number of hydrogen-bond donors (Lipinski definition) is 1. The van der Waals surface area contributed by atoms with Gasteiger partial charge in [-0.05, 0) is 19.4 Å². The molecule has 0 saturated carbocycles. The Bertz CT molecular complexity index is 390. The van der Waals surface area contributed by atoms with Gasteiger partial charge in [-0.15, -0.1) is 18.3 Å². The Kier molecular flexibility index (Phi) is 5.84. The quantitative estimate of drug-likeness (QED) is 0.785. The summed E-state index contributed by atoms with van der Waals surface area (Å²) in [4.78, 5) is 11.6. The molecule has 92 valence electrons. The maximum Gasteiger partial charge on any atom is 0.233 e. The molecule has 0 fully saturated rings. The monoisotopic (exact) mass is 249 g/mol. The van der Waals surface area contributed by atoms with Crippen LogP contribution in [0.5, 0.6) is 0 Å². The van der Waals surface area contributed by atoms with Crippen LogP contribution in [0.2, 0.25) is 0 Å². The van der Waals surface area contributed by atoms with Crippen molar-refractivity contribution in [3.63, 3.8) is 0 Å². The molecule has 3 heteroatoms. The molecule has 0 spiro atoms. The minimum Gasteiger partial charge on any atom is -0.352 e. The average Bonchev–Trinajstić information content (AvgIpc) is 2.33. The molecule has 0 aliphatic rings. The fourth-order valence-electron chi connectivity index (χ4n) is 1.42. The van der Waals surface area contributed by atoms with Gasteiger partial charge in [-0.25, -0.2) is 0 Å².